The molecule has 26 heavy (non-hydrogen) atoms. The lowest BCUT2D eigenvalue weighted by Crippen LogP contribution is -2.46. The molecule has 1 saturated heterocycles. The van der Waals surface area contributed by atoms with Gasteiger partial charge in [0.1, 0.15) is 0 Å². The summed E-state index contributed by atoms with van der Waals surface area (Å²) in [6.07, 6.45) is 1.79. The largest absolute Gasteiger partial charge is 0.459 e. The highest BCUT2D eigenvalue weighted by atomic mass is 32.2. The van der Waals surface area contributed by atoms with E-state index in [1.54, 1.807) is 37.3 Å². The molecule has 1 aliphatic rings. The average Bonchev–Trinajstić information content (AvgIpc) is 3.17. The van der Waals surface area contributed by atoms with Gasteiger partial charge >= 0.3 is 0 Å². The van der Waals surface area contributed by atoms with Crippen molar-refractivity contribution in [2.24, 2.45) is 0 Å². The van der Waals surface area contributed by atoms with Gasteiger partial charge in [-0.05, 0) is 50.1 Å². The Morgan fingerprint density at radius 1 is 1.19 bits per heavy atom. The summed E-state index contributed by atoms with van der Waals surface area (Å²) in [5.41, 5.74) is 0.841. The second-order valence-electron chi connectivity index (χ2n) is 6.82. The smallest absolute Gasteiger partial charge is 0.291 e. The fraction of sp³-hybridized carbons (Fsp3) is 0.333. The Morgan fingerprint density at radius 3 is 2.58 bits per heavy atom. The van der Waals surface area contributed by atoms with Crippen LogP contribution in [0.25, 0.3) is 0 Å². The van der Waals surface area contributed by atoms with Gasteiger partial charge in [-0.15, -0.1) is 0 Å². The molecule has 138 valence electrons. The Labute approximate surface area is 151 Å². The van der Waals surface area contributed by atoms with Crippen molar-refractivity contribution in [3.05, 3.63) is 53.5 Å². The van der Waals surface area contributed by atoms with Gasteiger partial charge in [-0.2, -0.15) is 0 Å². The topological polar surface area (TPSA) is 105 Å². The Hall–Kier alpha value is -2.61. The van der Waals surface area contributed by atoms with Crippen molar-refractivity contribution >= 4 is 27.3 Å². The minimum atomic E-state index is -3.12. The quantitative estimate of drug-likeness (QED) is 0.850. The molecule has 0 aliphatic carbocycles. The SMILES string of the molecule is Cc1ccc(C(=O)NC2(C)CCS(=O)(=O)C2)cc1NC(=O)c1ccco1. The zero-order valence-corrected chi connectivity index (χ0v) is 15.4. The van der Waals surface area contributed by atoms with Crippen LogP contribution in [-0.4, -0.2) is 37.3 Å². The van der Waals surface area contributed by atoms with Gasteiger partial charge < -0.3 is 15.1 Å². The van der Waals surface area contributed by atoms with Crippen LogP contribution in [0.15, 0.2) is 41.0 Å². The number of nitrogens with one attached hydrogen (secondary N) is 2. The van der Waals surface area contributed by atoms with Crippen LogP contribution in [0.4, 0.5) is 5.69 Å². The van der Waals surface area contributed by atoms with Gasteiger partial charge in [0.05, 0.1) is 23.3 Å². The molecule has 2 aromatic rings. The van der Waals surface area contributed by atoms with Crippen molar-refractivity contribution in [3.8, 4) is 0 Å². The molecule has 1 atom stereocenters. The highest BCUT2D eigenvalue weighted by molar-refractivity contribution is 7.91. The summed E-state index contributed by atoms with van der Waals surface area (Å²) in [4.78, 5) is 24.7. The molecule has 3 rings (SSSR count). The van der Waals surface area contributed by atoms with Crippen molar-refractivity contribution in [2.75, 3.05) is 16.8 Å². The van der Waals surface area contributed by atoms with Crippen LogP contribution in [0, 0.1) is 6.92 Å². The van der Waals surface area contributed by atoms with Gasteiger partial charge in [-0.3, -0.25) is 9.59 Å². The molecule has 2 heterocycles. The van der Waals surface area contributed by atoms with Crippen molar-refractivity contribution in [1.82, 2.24) is 5.32 Å². The number of hydrogen-bond acceptors (Lipinski definition) is 5. The first kappa shape index (κ1) is 18.2. The third kappa shape index (κ3) is 3.96. The second kappa shape index (κ2) is 6.60. The molecule has 0 saturated carbocycles. The van der Waals surface area contributed by atoms with Crippen LogP contribution < -0.4 is 10.6 Å². The fourth-order valence-corrected chi connectivity index (χ4v) is 5.04. The Morgan fingerprint density at radius 2 is 1.96 bits per heavy atom. The number of sulfone groups is 1. The average molecular weight is 376 g/mol. The van der Waals surface area contributed by atoms with Crippen LogP contribution in [0.3, 0.4) is 0 Å². The van der Waals surface area contributed by atoms with E-state index in [4.69, 9.17) is 4.42 Å². The van der Waals surface area contributed by atoms with E-state index in [0.29, 0.717) is 17.7 Å². The molecular weight excluding hydrogens is 356 g/mol. The van der Waals surface area contributed by atoms with E-state index in [1.807, 2.05) is 6.92 Å². The molecule has 0 bridgehead atoms. The van der Waals surface area contributed by atoms with Crippen LogP contribution in [0.2, 0.25) is 0 Å². The van der Waals surface area contributed by atoms with Crippen LogP contribution in [-0.2, 0) is 9.84 Å². The van der Waals surface area contributed by atoms with E-state index >= 15 is 0 Å². The molecule has 2 amide bonds. The van der Waals surface area contributed by atoms with E-state index < -0.39 is 21.3 Å². The Bertz CT molecular complexity index is 950. The maximum Gasteiger partial charge on any atom is 0.291 e. The first-order valence-electron chi connectivity index (χ1n) is 8.16. The van der Waals surface area contributed by atoms with E-state index in [9.17, 15) is 18.0 Å². The molecule has 8 heteroatoms. The number of rotatable bonds is 4. The van der Waals surface area contributed by atoms with Gasteiger partial charge in [-0.1, -0.05) is 6.07 Å². The van der Waals surface area contributed by atoms with E-state index in [-0.39, 0.29) is 23.2 Å². The predicted molar refractivity (Wildman–Crippen MR) is 97.0 cm³/mol. The van der Waals surface area contributed by atoms with Crippen molar-refractivity contribution in [1.29, 1.82) is 0 Å². The third-order valence-electron chi connectivity index (χ3n) is 4.41. The standard InChI is InChI=1S/C18H20N2O5S/c1-12-5-6-13(10-14(12)19-17(22)15-4-3-8-25-15)16(21)20-18(2)7-9-26(23,24)11-18/h3-6,8,10H,7,9,11H2,1-2H3,(H,19,22)(H,20,21). The third-order valence-corrected chi connectivity index (χ3v) is 6.31. The van der Waals surface area contributed by atoms with Crippen LogP contribution in [0.1, 0.15) is 39.8 Å². The van der Waals surface area contributed by atoms with E-state index in [0.717, 1.165) is 5.56 Å². The lowest BCUT2D eigenvalue weighted by Gasteiger charge is -2.24. The van der Waals surface area contributed by atoms with Gasteiger partial charge in [0, 0.05) is 11.3 Å². The molecular formula is C18H20N2O5S. The number of amides is 2. The fourth-order valence-electron chi connectivity index (χ4n) is 2.94. The lowest BCUT2D eigenvalue weighted by atomic mass is 10.0. The summed E-state index contributed by atoms with van der Waals surface area (Å²) in [5, 5.41) is 5.52. The Balaban J connectivity index is 1.76. The minimum Gasteiger partial charge on any atom is -0.459 e. The number of carbonyl (C=O) groups is 2. The van der Waals surface area contributed by atoms with Crippen LogP contribution >= 0.6 is 0 Å². The summed E-state index contributed by atoms with van der Waals surface area (Å²) in [5.74, 6) is -0.618. The van der Waals surface area contributed by atoms with E-state index in [2.05, 4.69) is 10.6 Å². The molecule has 1 aliphatic heterocycles. The van der Waals surface area contributed by atoms with Gasteiger partial charge in [0.15, 0.2) is 15.6 Å². The summed E-state index contributed by atoms with van der Waals surface area (Å²) in [6, 6.07) is 8.09. The number of benzene rings is 1. The molecule has 0 radical (unpaired) electrons. The normalized spacial score (nSPS) is 21.3. The van der Waals surface area contributed by atoms with Crippen molar-refractivity contribution in [3.63, 3.8) is 0 Å². The first-order valence-corrected chi connectivity index (χ1v) is 9.98. The van der Waals surface area contributed by atoms with Crippen molar-refractivity contribution < 1.29 is 22.4 Å². The molecule has 1 aromatic carbocycles. The monoisotopic (exact) mass is 376 g/mol. The second-order valence-corrected chi connectivity index (χ2v) is 9.00. The molecule has 2 N–H and O–H groups in total. The number of hydrogen-bond donors (Lipinski definition) is 2. The summed E-state index contributed by atoms with van der Waals surface area (Å²) >= 11 is 0. The summed E-state index contributed by atoms with van der Waals surface area (Å²) < 4.78 is 28.4. The highest BCUT2D eigenvalue weighted by Crippen LogP contribution is 2.24. The van der Waals surface area contributed by atoms with Crippen LogP contribution in [0.5, 0.6) is 0 Å². The van der Waals surface area contributed by atoms with Gasteiger partial charge in [0.25, 0.3) is 11.8 Å². The highest BCUT2D eigenvalue weighted by Gasteiger charge is 2.39. The number of anilines is 1. The van der Waals surface area contributed by atoms with Gasteiger partial charge in [0.2, 0.25) is 0 Å². The first-order chi connectivity index (χ1) is 12.2. The molecule has 7 nitrogen and oxygen atoms in total. The zero-order valence-electron chi connectivity index (χ0n) is 14.5. The molecule has 0 spiro atoms. The number of furan rings is 1. The minimum absolute atomic E-state index is 0.0698. The molecule has 1 fully saturated rings. The zero-order chi connectivity index (χ0) is 18.9. The predicted octanol–water partition coefficient (Wildman–Crippen LogP) is 2.15. The Kier molecular flexibility index (Phi) is 4.62. The molecule has 1 unspecified atom stereocenters. The van der Waals surface area contributed by atoms with E-state index in [1.165, 1.54) is 6.26 Å². The van der Waals surface area contributed by atoms with Gasteiger partial charge in [-0.25, -0.2) is 8.42 Å². The molecule has 1 aromatic heterocycles. The number of aryl methyl sites for hydroxylation is 1. The lowest BCUT2D eigenvalue weighted by molar-refractivity contribution is 0.0914. The summed E-state index contributed by atoms with van der Waals surface area (Å²) in [7, 11) is -3.12. The maximum atomic E-state index is 12.6. The maximum absolute atomic E-state index is 12.6. The van der Waals surface area contributed by atoms with Crippen molar-refractivity contribution in [2.45, 2.75) is 25.8 Å². The number of carbonyl (C=O) groups excluding carboxylic acids is 2. The summed E-state index contributed by atoms with van der Waals surface area (Å²) in [6.45, 7) is 3.54.